The van der Waals surface area contributed by atoms with Crippen molar-refractivity contribution in [2.45, 2.75) is 12.4 Å². The molecule has 0 unspecified atom stereocenters. The van der Waals surface area contributed by atoms with Crippen molar-refractivity contribution in [1.82, 2.24) is 29.4 Å². The van der Waals surface area contributed by atoms with Crippen molar-refractivity contribution in [2.75, 3.05) is 0 Å². The summed E-state index contributed by atoms with van der Waals surface area (Å²) in [4.78, 5) is 15.9. The molecule has 0 amide bonds. The van der Waals surface area contributed by atoms with Gasteiger partial charge in [0, 0.05) is 6.20 Å². The Kier molecular flexibility index (Phi) is 4.05. The Hall–Kier alpha value is -3.22. The quantitative estimate of drug-likeness (QED) is 0.428. The molecule has 3 heterocycles. The molecular weight excluding hydrogens is 430 g/mol. The van der Waals surface area contributed by atoms with E-state index in [1.165, 1.54) is 6.07 Å². The van der Waals surface area contributed by atoms with Crippen molar-refractivity contribution in [3.05, 3.63) is 57.2 Å². The zero-order chi connectivity index (χ0) is 21.1. The second-order valence-electron chi connectivity index (χ2n) is 5.73. The third-order valence-electron chi connectivity index (χ3n) is 3.89. The maximum atomic E-state index is 12.8. The van der Waals surface area contributed by atoms with Gasteiger partial charge in [0.15, 0.2) is 5.52 Å². The van der Waals surface area contributed by atoms with Gasteiger partial charge in [0.25, 0.3) is 17.2 Å². The summed E-state index contributed by atoms with van der Waals surface area (Å²) in [6.45, 7) is 0. The minimum atomic E-state index is -4.83. The van der Waals surface area contributed by atoms with Gasteiger partial charge in [-0.3, -0.25) is 9.36 Å². The number of rotatable bonds is 1. The molecule has 7 nitrogen and oxygen atoms in total. The van der Waals surface area contributed by atoms with Crippen LogP contribution in [0.2, 0.25) is 5.02 Å². The van der Waals surface area contributed by atoms with Crippen LogP contribution in [0.5, 0.6) is 0 Å². The molecule has 0 saturated heterocycles. The normalized spacial score (nSPS) is 12.8. The van der Waals surface area contributed by atoms with Crippen LogP contribution in [0.3, 0.4) is 0 Å². The Balaban J connectivity index is 1.90. The number of halogens is 7. The Morgan fingerprint density at radius 3 is 2.31 bits per heavy atom. The maximum absolute atomic E-state index is 12.8. The van der Waals surface area contributed by atoms with Crippen LogP contribution in [-0.4, -0.2) is 29.4 Å². The molecule has 4 aromatic rings. The molecule has 150 valence electrons. The van der Waals surface area contributed by atoms with Crippen LogP contribution >= 0.6 is 11.6 Å². The molecule has 4 rings (SSSR count). The van der Waals surface area contributed by atoms with E-state index in [0.717, 1.165) is 22.9 Å². The summed E-state index contributed by atoms with van der Waals surface area (Å²) in [5, 5.41) is 9.70. The average Bonchev–Trinajstić information content (AvgIpc) is 3.06. The van der Waals surface area contributed by atoms with E-state index in [-0.39, 0.29) is 16.7 Å². The van der Waals surface area contributed by atoms with Crippen LogP contribution in [-0.2, 0) is 12.4 Å². The molecule has 1 aromatic carbocycles. The zero-order valence-electron chi connectivity index (χ0n) is 13.6. The molecule has 0 bridgehead atoms. The predicted molar refractivity (Wildman–Crippen MR) is 86.7 cm³/mol. The third kappa shape index (κ3) is 3.16. The fraction of sp³-hybridized carbons (Fsp3) is 0.133. The molecule has 0 N–H and O–H groups in total. The minimum absolute atomic E-state index is 0.00799. The standard InChI is InChI=1S/C15H5ClF6N6O/c16-8-5-6(1-2-7(8)14(17,18)19)27-4-3-9-10(11(27)29)24-25-13-23-12(15(20,21)22)26-28(9)13/h1-5H. The highest BCUT2D eigenvalue weighted by atomic mass is 35.5. The van der Waals surface area contributed by atoms with Gasteiger partial charge in [0.1, 0.15) is 5.52 Å². The molecule has 0 spiro atoms. The third-order valence-corrected chi connectivity index (χ3v) is 4.21. The van der Waals surface area contributed by atoms with Crippen molar-refractivity contribution in [2.24, 2.45) is 0 Å². The summed E-state index contributed by atoms with van der Waals surface area (Å²) < 4.78 is 78.5. The van der Waals surface area contributed by atoms with Gasteiger partial charge < -0.3 is 0 Å². The number of hydrogen-bond donors (Lipinski definition) is 0. The van der Waals surface area contributed by atoms with Gasteiger partial charge in [-0.2, -0.15) is 35.8 Å². The number of nitrogens with zero attached hydrogens (tertiary/aromatic N) is 6. The second kappa shape index (κ2) is 6.14. The van der Waals surface area contributed by atoms with Crippen molar-refractivity contribution >= 4 is 28.4 Å². The zero-order valence-corrected chi connectivity index (χ0v) is 14.4. The Morgan fingerprint density at radius 1 is 0.966 bits per heavy atom. The Labute approximate surface area is 160 Å². The van der Waals surface area contributed by atoms with Gasteiger partial charge in [-0.15, -0.1) is 15.3 Å². The van der Waals surface area contributed by atoms with Gasteiger partial charge in [-0.05, 0) is 24.3 Å². The summed E-state index contributed by atoms with van der Waals surface area (Å²) in [6, 6.07) is 3.86. The van der Waals surface area contributed by atoms with Crippen LogP contribution in [0, 0.1) is 0 Å². The molecule has 0 aliphatic heterocycles. The van der Waals surface area contributed by atoms with Crippen molar-refractivity contribution in [3.8, 4) is 5.69 Å². The van der Waals surface area contributed by atoms with Crippen LogP contribution in [0.25, 0.3) is 22.5 Å². The molecule has 0 radical (unpaired) electrons. The highest BCUT2D eigenvalue weighted by Crippen LogP contribution is 2.35. The topological polar surface area (TPSA) is 78.0 Å². The van der Waals surface area contributed by atoms with Crippen LogP contribution in [0.1, 0.15) is 11.4 Å². The molecule has 0 atom stereocenters. The molecule has 14 heteroatoms. The van der Waals surface area contributed by atoms with Crippen molar-refractivity contribution in [3.63, 3.8) is 0 Å². The summed E-state index contributed by atoms with van der Waals surface area (Å²) in [6.07, 6.45) is -8.37. The highest BCUT2D eigenvalue weighted by molar-refractivity contribution is 6.31. The molecule has 0 aliphatic carbocycles. The molecule has 0 saturated carbocycles. The minimum Gasteiger partial charge on any atom is -0.282 e. The SMILES string of the molecule is O=c1c2nnc3nc(C(F)(F)F)nn3c2ccn1-c1ccc(C(F)(F)F)c(Cl)c1. The fourth-order valence-electron chi connectivity index (χ4n) is 2.61. The molecular formula is C15H5ClF6N6O. The summed E-state index contributed by atoms with van der Waals surface area (Å²) in [5.41, 5.74) is -2.42. The van der Waals surface area contributed by atoms with Crippen LogP contribution < -0.4 is 5.56 Å². The lowest BCUT2D eigenvalue weighted by atomic mass is 10.2. The van der Waals surface area contributed by atoms with E-state index < -0.39 is 40.1 Å². The van der Waals surface area contributed by atoms with Crippen LogP contribution in [0.15, 0.2) is 35.3 Å². The number of benzene rings is 1. The Bertz CT molecular complexity index is 1330. The molecule has 0 aliphatic rings. The van der Waals surface area contributed by atoms with E-state index in [9.17, 15) is 31.1 Å². The lowest BCUT2D eigenvalue weighted by Gasteiger charge is -2.12. The van der Waals surface area contributed by atoms with Gasteiger partial charge in [-0.25, -0.2) is 0 Å². The summed E-state index contributed by atoms with van der Waals surface area (Å²) in [7, 11) is 0. The summed E-state index contributed by atoms with van der Waals surface area (Å²) >= 11 is 5.67. The Morgan fingerprint density at radius 2 is 1.69 bits per heavy atom. The first-order valence-electron chi connectivity index (χ1n) is 7.56. The molecule has 0 fully saturated rings. The van der Waals surface area contributed by atoms with E-state index >= 15 is 0 Å². The van der Waals surface area contributed by atoms with E-state index in [1.807, 2.05) is 0 Å². The summed E-state index contributed by atoms with van der Waals surface area (Å²) in [5.74, 6) is -1.93. The fourth-order valence-corrected chi connectivity index (χ4v) is 2.89. The smallest absolute Gasteiger partial charge is 0.282 e. The van der Waals surface area contributed by atoms with Gasteiger partial charge in [0.2, 0.25) is 0 Å². The van der Waals surface area contributed by atoms with Crippen molar-refractivity contribution < 1.29 is 26.3 Å². The number of hydrogen-bond acceptors (Lipinski definition) is 5. The predicted octanol–water partition coefficient (Wildman–Crippen LogP) is 3.51. The van der Waals surface area contributed by atoms with Crippen molar-refractivity contribution in [1.29, 1.82) is 0 Å². The van der Waals surface area contributed by atoms with E-state index in [2.05, 4.69) is 20.3 Å². The second-order valence-corrected chi connectivity index (χ2v) is 6.14. The highest BCUT2D eigenvalue weighted by Gasteiger charge is 2.37. The lowest BCUT2D eigenvalue weighted by Crippen LogP contribution is -2.20. The number of aromatic nitrogens is 6. The molecule has 29 heavy (non-hydrogen) atoms. The van der Waals surface area contributed by atoms with E-state index in [4.69, 9.17) is 11.6 Å². The monoisotopic (exact) mass is 434 g/mol. The lowest BCUT2D eigenvalue weighted by molar-refractivity contribution is -0.144. The maximum Gasteiger partial charge on any atom is 0.453 e. The van der Waals surface area contributed by atoms with Gasteiger partial charge in [-0.1, -0.05) is 11.6 Å². The average molecular weight is 435 g/mol. The number of pyridine rings is 1. The first-order valence-corrected chi connectivity index (χ1v) is 7.94. The first kappa shape index (κ1) is 19.1. The number of alkyl halides is 6. The van der Waals surface area contributed by atoms with Crippen LogP contribution in [0.4, 0.5) is 26.3 Å². The number of fused-ring (bicyclic) bond motifs is 3. The first-order chi connectivity index (χ1) is 13.5. The van der Waals surface area contributed by atoms with E-state index in [1.54, 1.807) is 0 Å². The van der Waals surface area contributed by atoms with Gasteiger partial charge in [0.05, 0.1) is 16.3 Å². The van der Waals surface area contributed by atoms with Gasteiger partial charge >= 0.3 is 12.4 Å². The molecule has 3 aromatic heterocycles. The van der Waals surface area contributed by atoms with E-state index in [0.29, 0.717) is 10.6 Å². The largest absolute Gasteiger partial charge is 0.453 e.